The number of nitrogens with two attached hydrogens (primary N) is 1. The van der Waals surface area contributed by atoms with E-state index < -0.39 is 0 Å². The van der Waals surface area contributed by atoms with E-state index in [-0.39, 0.29) is 5.82 Å². The smallest absolute Gasteiger partial charge is 0.208 e. The minimum absolute atomic E-state index is 0.287. The third-order valence-corrected chi connectivity index (χ3v) is 9.05. The Morgan fingerprint density at radius 1 is 0.902 bits per heavy atom. The topological polar surface area (TPSA) is 93.1 Å². The van der Waals surface area contributed by atoms with Gasteiger partial charge in [-0.15, -0.1) is 0 Å². The summed E-state index contributed by atoms with van der Waals surface area (Å²) in [5.41, 5.74) is 11.4. The largest absolute Gasteiger partial charge is 0.383 e. The number of nitrogen functional groups attached to an aromatic ring is 1. The van der Waals surface area contributed by atoms with Crippen LogP contribution in [0.25, 0.3) is 33.2 Å². The predicted molar refractivity (Wildman–Crippen MR) is 162 cm³/mol. The van der Waals surface area contributed by atoms with Gasteiger partial charge in [0.05, 0.1) is 10.9 Å². The highest BCUT2D eigenvalue weighted by molar-refractivity contribution is 6.00. The van der Waals surface area contributed by atoms with Crippen LogP contribution in [0.5, 0.6) is 0 Å². The zero-order valence-electron chi connectivity index (χ0n) is 23.6. The van der Waals surface area contributed by atoms with E-state index in [9.17, 15) is 4.39 Å². The molecule has 10 heteroatoms. The molecule has 0 atom stereocenters. The molecule has 3 aromatic heterocycles. The van der Waals surface area contributed by atoms with Gasteiger partial charge in [0.1, 0.15) is 29.1 Å². The molecule has 7 rings (SSSR count). The number of para-hydroxylation sites is 1. The van der Waals surface area contributed by atoms with Crippen molar-refractivity contribution >= 4 is 39.5 Å². The third-order valence-electron chi connectivity index (χ3n) is 9.05. The molecule has 0 radical (unpaired) electrons. The van der Waals surface area contributed by atoms with Gasteiger partial charge < -0.3 is 25.1 Å². The molecule has 0 bridgehead atoms. The molecule has 0 amide bonds. The van der Waals surface area contributed by atoms with Gasteiger partial charge in [0.25, 0.3) is 0 Å². The molecular formula is C31H36FN9. The van der Waals surface area contributed by atoms with Crippen molar-refractivity contribution < 1.29 is 4.39 Å². The van der Waals surface area contributed by atoms with E-state index in [2.05, 4.69) is 55.0 Å². The number of rotatable bonds is 5. The number of hydrogen-bond acceptors (Lipinski definition) is 7. The van der Waals surface area contributed by atoms with Crippen molar-refractivity contribution in [1.82, 2.24) is 33.9 Å². The molecular weight excluding hydrogens is 517 g/mol. The van der Waals surface area contributed by atoms with Crippen molar-refractivity contribution in [2.45, 2.75) is 37.8 Å². The standard InChI is InChI=1S/C31H36FN9/c1-38-14-16-40(17-15-38)22-10-12-23(13-11-22)41-18-24(27-29(33)34-19-35-30(27)41)20-6-8-21(9-7-20)36-31-37-26-5-3-4-25(32)28(26)39(31)2/h3-9,18-19,22-23H,10-17H2,1-2H3,(H,36,37)(H2,33,34,35)/t22-,23-. The maximum atomic E-state index is 14.3. The van der Waals surface area contributed by atoms with Crippen molar-refractivity contribution in [1.29, 1.82) is 0 Å². The molecule has 2 aliphatic rings. The molecule has 41 heavy (non-hydrogen) atoms. The molecule has 2 aromatic carbocycles. The fourth-order valence-electron chi connectivity index (χ4n) is 6.69. The van der Waals surface area contributed by atoms with Gasteiger partial charge in [-0.25, -0.2) is 19.3 Å². The van der Waals surface area contributed by atoms with Crippen LogP contribution in [0, 0.1) is 5.82 Å². The lowest BCUT2D eigenvalue weighted by molar-refractivity contribution is 0.0828. The first-order valence-electron chi connectivity index (χ1n) is 14.5. The molecule has 4 heterocycles. The number of hydrogen-bond donors (Lipinski definition) is 2. The number of imidazole rings is 1. The van der Waals surface area contributed by atoms with Gasteiger partial charge in [0.2, 0.25) is 5.95 Å². The fourth-order valence-corrected chi connectivity index (χ4v) is 6.69. The average Bonchev–Trinajstić information content (AvgIpc) is 3.53. The minimum Gasteiger partial charge on any atom is -0.383 e. The lowest BCUT2D eigenvalue weighted by atomic mass is 9.89. The molecule has 1 aliphatic heterocycles. The first kappa shape index (κ1) is 25.9. The molecule has 2 fully saturated rings. The van der Waals surface area contributed by atoms with E-state index >= 15 is 0 Å². The van der Waals surface area contributed by atoms with Gasteiger partial charge in [-0.05, 0) is 62.6 Å². The highest BCUT2D eigenvalue weighted by atomic mass is 19.1. The van der Waals surface area contributed by atoms with E-state index in [4.69, 9.17) is 10.7 Å². The number of nitrogens with zero attached hydrogens (tertiary/aromatic N) is 7. The van der Waals surface area contributed by atoms with Gasteiger partial charge in [-0.1, -0.05) is 18.2 Å². The number of anilines is 3. The van der Waals surface area contributed by atoms with Crippen LogP contribution in [0.2, 0.25) is 0 Å². The number of nitrogens with one attached hydrogen (secondary N) is 1. The Labute approximate surface area is 238 Å². The summed E-state index contributed by atoms with van der Waals surface area (Å²) in [5, 5.41) is 4.23. The first-order valence-corrected chi connectivity index (χ1v) is 14.5. The molecule has 3 N–H and O–H groups in total. The Balaban J connectivity index is 1.13. The molecule has 212 valence electrons. The predicted octanol–water partition coefficient (Wildman–Crippen LogP) is 5.18. The number of fused-ring (bicyclic) bond motifs is 2. The van der Waals surface area contributed by atoms with Crippen LogP contribution in [0.1, 0.15) is 31.7 Å². The number of aromatic nitrogens is 5. The van der Waals surface area contributed by atoms with Gasteiger partial charge in [-0.3, -0.25) is 4.90 Å². The van der Waals surface area contributed by atoms with E-state index in [0.29, 0.717) is 34.9 Å². The van der Waals surface area contributed by atoms with Crippen LogP contribution in [0.15, 0.2) is 55.0 Å². The molecule has 1 saturated heterocycles. The fraction of sp³-hybridized carbons (Fsp3) is 0.387. The van der Waals surface area contributed by atoms with E-state index in [0.717, 1.165) is 53.8 Å². The normalized spacial score (nSPS) is 20.7. The summed E-state index contributed by atoms with van der Waals surface area (Å²) in [4.78, 5) is 18.7. The van der Waals surface area contributed by atoms with E-state index in [1.807, 2.05) is 25.2 Å². The summed E-state index contributed by atoms with van der Waals surface area (Å²) < 4.78 is 18.4. The maximum Gasteiger partial charge on any atom is 0.208 e. The second kappa shape index (κ2) is 10.4. The Kier molecular flexibility index (Phi) is 6.59. The monoisotopic (exact) mass is 553 g/mol. The second-order valence-electron chi connectivity index (χ2n) is 11.5. The van der Waals surface area contributed by atoms with Crippen LogP contribution in [-0.4, -0.2) is 73.2 Å². The van der Waals surface area contributed by atoms with E-state index in [1.54, 1.807) is 17.0 Å². The molecule has 5 aromatic rings. The van der Waals surface area contributed by atoms with Crippen molar-refractivity contribution in [2.24, 2.45) is 7.05 Å². The summed E-state index contributed by atoms with van der Waals surface area (Å²) in [5.74, 6) is 0.794. The highest BCUT2D eigenvalue weighted by Gasteiger charge is 2.30. The summed E-state index contributed by atoms with van der Waals surface area (Å²) >= 11 is 0. The Bertz CT molecular complexity index is 1690. The number of halogens is 1. The Morgan fingerprint density at radius 3 is 2.37 bits per heavy atom. The zero-order chi connectivity index (χ0) is 28.1. The summed E-state index contributed by atoms with van der Waals surface area (Å²) in [6.07, 6.45) is 8.46. The van der Waals surface area contributed by atoms with Gasteiger partial charge in [-0.2, -0.15) is 0 Å². The Hall–Kier alpha value is -4.02. The quantitative estimate of drug-likeness (QED) is 0.310. The summed E-state index contributed by atoms with van der Waals surface area (Å²) in [6, 6.07) is 14.2. The third kappa shape index (κ3) is 4.70. The molecule has 1 aliphatic carbocycles. The van der Waals surface area contributed by atoms with Gasteiger partial charge in [0.15, 0.2) is 0 Å². The maximum absolute atomic E-state index is 14.3. The van der Waals surface area contributed by atoms with E-state index in [1.165, 1.54) is 32.0 Å². The Morgan fingerprint density at radius 2 is 1.63 bits per heavy atom. The molecule has 0 spiro atoms. The van der Waals surface area contributed by atoms with Crippen LogP contribution in [0.4, 0.5) is 21.8 Å². The number of benzene rings is 2. The van der Waals surface area contributed by atoms with Crippen molar-refractivity contribution in [3.63, 3.8) is 0 Å². The molecule has 1 saturated carbocycles. The number of aryl methyl sites for hydroxylation is 1. The van der Waals surface area contributed by atoms with Crippen LogP contribution in [-0.2, 0) is 7.05 Å². The lowest BCUT2D eigenvalue weighted by Gasteiger charge is -2.41. The van der Waals surface area contributed by atoms with Gasteiger partial charge >= 0.3 is 0 Å². The highest BCUT2D eigenvalue weighted by Crippen LogP contribution is 2.39. The van der Waals surface area contributed by atoms with Crippen LogP contribution in [0.3, 0.4) is 0 Å². The number of piperazine rings is 1. The summed E-state index contributed by atoms with van der Waals surface area (Å²) in [6.45, 7) is 4.66. The average molecular weight is 554 g/mol. The molecule has 0 unspecified atom stereocenters. The van der Waals surface area contributed by atoms with Crippen LogP contribution >= 0.6 is 0 Å². The van der Waals surface area contributed by atoms with Crippen molar-refractivity contribution in [3.05, 3.63) is 60.8 Å². The first-order chi connectivity index (χ1) is 20.0. The van der Waals surface area contributed by atoms with Gasteiger partial charge in [0, 0.05) is 62.8 Å². The molecule has 9 nitrogen and oxygen atoms in total. The lowest BCUT2D eigenvalue weighted by Crippen LogP contribution is -2.49. The van der Waals surface area contributed by atoms with Crippen molar-refractivity contribution in [3.8, 4) is 11.1 Å². The SMILES string of the molecule is CN1CCN([C@H]2CC[C@H](n3cc(-c4ccc(Nc5nc6cccc(F)c6n5C)cc4)c4c(N)ncnc43)CC2)CC1. The second-order valence-corrected chi connectivity index (χ2v) is 11.5. The summed E-state index contributed by atoms with van der Waals surface area (Å²) in [7, 11) is 4.02. The number of likely N-dealkylation sites (N-methyl/N-ethyl adjacent to an activating group) is 1. The van der Waals surface area contributed by atoms with Crippen molar-refractivity contribution in [2.75, 3.05) is 44.3 Å². The minimum atomic E-state index is -0.287. The zero-order valence-corrected chi connectivity index (χ0v) is 23.6. The van der Waals surface area contributed by atoms with Crippen LogP contribution < -0.4 is 11.1 Å².